The number of benzene rings is 2. The van der Waals surface area contributed by atoms with Crippen LogP contribution in [0.15, 0.2) is 65.8 Å². The van der Waals surface area contributed by atoms with Gasteiger partial charge in [0.15, 0.2) is 0 Å². The van der Waals surface area contributed by atoms with Crippen LogP contribution in [0.5, 0.6) is 0 Å². The van der Waals surface area contributed by atoms with E-state index in [1.807, 2.05) is 30.3 Å². The maximum Gasteiger partial charge on any atom is 0.0697 e. The molecule has 3 heteroatoms. The molecular formula is C22H23N3. The molecule has 2 aromatic carbocycles. The Morgan fingerprint density at radius 1 is 0.920 bits per heavy atom. The normalized spacial score (nSPS) is 15.2. The Kier molecular flexibility index (Phi) is 4.14. The summed E-state index contributed by atoms with van der Waals surface area (Å²) in [7, 11) is 0. The summed E-state index contributed by atoms with van der Waals surface area (Å²) in [5, 5.41) is 4.71. The second kappa shape index (κ2) is 6.60. The van der Waals surface area contributed by atoms with Crippen molar-refractivity contribution in [1.29, 1.82) is 0 Å². The number of para-hydroxylation sites is 1. The van der Waals surface area contributed by atoms with E-state index in [4.69, 9.17) is 5.10 Å². The third-order valence-corrected chi connectivity index (χ3v) is 4.81. The van der Waals surface area contributed by atoms with Crippen molar-refractivity contribution in [3.05, 3.63) is 83.2 Å². The molecule has 0 amide bonds. The first-order valence-corrected chi connectivity index (χ1v) is 8.88. The number of hydrogen-bond acceptors (Lipinski definition) is 2. The molecule has 1 aliphatic carbocycles. The van der Waals surface area contributed by atoms with E-state index in [2.05, 4.69) is 54.2 Å². The fourth-order valence-corrected chi connectivity index (χ4v) is 3.56. The van der Waals surface area contributed by atoms with Gasteiger partial charge in [0.25, 0.3) is 0 Å². The molecule has 0 saturated heterocycles. The number of nitrogens with zero attached hydrogens (tertiary/aromatic N) is 2. The summed E-state index contributed by atoms with van der Waals surface area (Å²) in [6.07, 6.45) is 3.25. The molecule has 3 aromatic rings. The Morgan fingerprint density at radius 3 is 2.44 bits per heavy atom. The Balaban J connectivity index is 1.71. The molecule has 25 heavy (non-hydrogen) atoms. The van der Waals surface area contributed by atoms with Crippen LogP contribution < -0.4 is 5.43 Å². The second-order valence-electron chi connectivity index (χ2n) is 6.71. The number of hydrazone groups is 1. The lowest BCUT2D eigenvalue weighted by Gasteiger charge is -2.18. The maximum absolute atomic E-state index is 4.71. The molecule has 0 atom stereocenters. The van der Waals surface area contributed by atoms with Gasteiger partial charge in [-0.2, -0.15) is 5.10 Å². The number of rotatable bonds is 3. The lowest BCUT2D eigenvalue weighted by atomic mass is 9.95. The fourth-order valence-electron chi connectivity index (χ4n) is 3.56. The van der Waals surface area contributed by atoms with Crippen LogP contribution in [-0.4, -0.2) is 10.3 Å². The zero-order valence-corrected chi connectivity index (χ0v) is 14.8. The van der Waals surface area contributed by atoms with Crippen molar-refractivity contribution < 1.29 is 0 Å². The number of aromatic nitrogens is 1. The van der Waals surface area contributed by atoms with E-state index >= 15 is 0 Å². The molecule has 126 valence electrons. The van der Waals surface area contributed by atoms with Crippen LogP contribution in [0.1, 0.15) is 35.4 Å². The highest BCUT2D eigenvalue weighted by molar-refractivity contribution is 6.03. The summed E-state index contributed by atoms with van der Waals surface area (Å²) in [6.45, 7) is 4.31. The van der Waals surface area contributed by atoms with E-state index in [1.165, 1.54) is 28.2 Å². The average molecular weight is 329 g/mol. The van der Waals surface area contributed by atoms with E-state index in [1.54, 1.807) is 0 Å². The third-order valence-electron chi connectivity index (χ3n) is 4.81. The van der Waals surface area contributed by atoms with Gasteiger partial charge >= 0.3 is 0 Å². The van der Waals surface area contributed by atoms with Gasteiger partial charge in [-0.25, -0.2) is 0 Å². The summed E-state index contributed by atoms with van der Waals surface area (Å²) in [5.74, 6) is 0. The Hall–Kier alpha value is -2.81. The Bertz CT molecular complexity index is 902. The molecule has 0 bridgehead atoms. The zero-order chi connectivity index (χ0) is 17.2. The molecule has 1 heterocycles. The van der Waals surface area contributed by atoms with E-state index in [9.17, 15) is 0 Å². The molecule has 1 N–H and O–H groups in total. The Morgan fingerprint density at radius 2 is 1.68 bits per heavy atom. The molecule has 0 saturated carbocycles. The smallest absolute Gasteiger partial charge is 0.0697 e. The lowest BCUT2D eigenvalue weighted by molar-refractivity contribution is 0.779. The van der Waals surface area contributed by atoms with Crippen LogP contribution in [0.4, 0.5) is 5.69 Å². The molecule has 1 aromatic heterocycles. The highest BCUT2D eigenvalue weighted by Crippen LogP contribution is 2.29. The SMILES string of the molecule is Cc1ccc(-n2c(C)cc3c2CCCC3=NNc2ccccc2)cc1. The molecule has 4 rings (SSSR count). The van der Waals surface area contributed by atoms with Crippen molar-refractivity contribution in [3.63, 3.8) is 0 Å². The molecule has 3 nitrogen and oxygen atoms in total. The number of hydrogen-bond donors (Lipinski definition) is 1. The highest BCUT2D eigenvalue weighted by Gasteiger charge is 2.22. The van der Waals surface area contributed by atoms with Gasteiger partial charge in [0.05, 0.1) is 11.4 Å². The summed E-state index contributed by atoms with van der Waals surface area (Å²) < 4.78 is 2.38. The minimum atomic E-state index is 1.02. The predicted octanol–water partition coefficient (Wildman–Crippen LogP) is 5.25. The van der Waals surface area contributed by atoms with Crippen molar-refractivity contribution in [2.45, 2.75) is 33.1 Å². The second-order valence-corrected chi connectivity index (χ2v) is 6.71. The molecule has 0 aliphatic heterocycles. The fraction of sp³-hybridized carbons (Fsp3) is 0.227. The van der Waals surface area contributed by atoms with E-state index in [0.717, 1.165) is 30.7 Å². The number of anilines is 1. The topological polar surface area (TPSA) is 29.3 Å². The Labute approximate surface area is 149 Å². The first-order valence-electron chi connectivity index (χ1n) is 8.88. The van der Waals surface area contributed by atoms with E-state index in [0.29, 0.717) is 0 Å². The standard InChI is InChI=1S/C22H23N3/c1-16-11-13-19(14-12-16)25-17(2)15-20-21(9-6-10-22(20)25)24-23-18-7-4-3-5-8-18/h3-5,7-8,11-15,23H,6,9-10H2,1-2H3. The molecular weight excluding hydrogens is 306 g/mol. The molecule has 0 spiro atoms. The molecule has 1 aliphatic rings. The van der Waals surface area contributed by atoms with Crippen molar-refractivity contribution in [2.75, 3.05) is 5.43 Å². The van der Waals surface area contributed by atoms with Crippen molar-refractivity contribution in [3.8, 4) is 5.69 Å². The predicted molar refractivity (Wildman–Crippen MR) is 105 cm³/mol. The quantitative estimate of drug-likeness (QED) is 0.654. The van der Waals surface area contributed by atoms with E-state index in [-0.39, 0.29) is 0 Å². The zero-order valence-electron chi connectivity index (χ0n) is 14.8. The summed E-state index contributed by atoms with van der Waals surface area (Å²) >= 11 is 0. The van der Waals surface area contributed by atoms with Gasteiger partial charge in [-0.1, -0.05) is 35.9 Å². The van der Waals surface area contributed by atoms with E-state index < -0.39 is 0 Å². The van der Waals surface area contributed by atoms with Crippen LogP contribution >= 0.6 is 0 Å². The highest BCUT2D eigenvalue weighted by atomic mass is 15.3. The van der Waals surface area contributed by atoms with Crippen molar-refractivity contribution >= 4 is 11.4 Å². The minimum absolute atomic E-state index is 1.02. The monoisotopic (exact) mass is 329 g/mol. The van der Waals surface area contributed by atoms with Crippen molar-refractivity contribution in [2.24, 2.45) is 5.10 Å². The van der Waals surface area contributed by atoms with Crippen LogP contribution in [-0.2, 0) is 6.42 Å². The van der Waals surface area contributed by atoms with Crippen LogP contribution in [0.25, 0.3) is 5.69 Å². The molecule has 0 radical (unpaired) electrons. The number of nitrogens with one attached hydrogen (secondary N) is 1. The van der Waals surface area contributed by atoms with Gasteiger partial charge < -0.3 is 4.57 Å². The van der Waals surface area contributed by atoms with Crippen molar-refractivity contribution in [1.82, 2.24) is 4.57 Å². The molecule has 0 fully saturated rings. The van der Waals surface area contributed by atoms with Gasteiger partial charge in [0, 0.05) is 22.6 Å². The largest absolute Gasteiger partial charge is 0.318 e. The molecule has 0 unspecified atom stereocenters. The van der Waals surface area contributed by atoms with Gasteiger partial charge in [-0.15, -0.1) is 0 Å². The van der Waals surface area contributed by atoms with Gasteiger partial charge in [-0.05, 0) is 63.4 Å². The number of aryl methyl sites for hydroxylation is 2. The minimum Gasteiger partial charge on any atom is -0.318 e. The maximum atomic E-state index is 4.71. The average Bonchev–Trinajstić information content (AvgIpc) is 2.98. The lowest BCUT2D eigenvalue weighted by Crippen LogP contribution is -2.15. The summed E-state index contributed by atoms with van der Waals surface area (Å²) in [6, 6.07) is 21.2. The number of fused-ring (bicyclic) bond motifs is 1. The van der Waals surface area contributed by atoms with Crippen LogP contribution in [0, 0.1) is 13.8 Å². The van der Waals surface area contributed by atoms with Crippen LogP contribution in [0.3, 0.4) is 0 Å². The first-order chi connectivity index (χ1) is 12.2. The third kappa shape index (κ3) is 3.10. The van der Waals surface area contributed by atoms with Gasteiger partial charge in [0.1, 0.15) is 0 Å². The summed E-state index contributed by atoms with van der Waals surface area (Å²) in [5.41, 5.74) is 11.8. The summed E-state index contributed by atoms with van der Waals surface area (Å²) in [4.78, 5) is 0. The van der Waals surface area contributed by atoms with Gasteiger partial charge in [-0.3, -0.25) is 5.43 Å². The van der Waals surface area contributed by atoms with Crippen LogP contribution in [0.2, 0.25) is 0 Å². The van der Waals surface area contributed by atoms with Gasteiger partial charge in [0.2, 0.25) is 0 Å². The first kappa shape index (κ1) is 15.7.